The summed E-state index contributed by atoms with van der Waals surface area (Å²) in [6.45, 7) is 0.719. The van der Waals surface area contributed by atoms with E-state index in [1.807, 2.05) is 12.1 Å². The summed E-state index contributed by atoms with van der Waals surface area (Å²) in [7, 11) is 2.27. The third-order valence-corrected chi connectivity index (χ3v) is 7.72. The molecule has 3 aliphatic rings. The van der Waals surface area contributed by atoms with Gasteiger partial charge in [0.05, 0.1) is 5.69 Å². The second kappa shape index (κ2) is 6.09. The molecule has 136 valence electrons. The zero-order valence-corrected chi connectivity index (χ0v) is 17.2. The van der Waals surface area contributed by atoms with E-state index < -0.39 is 0 Å². The van der Waals surface area contributed by atoms with E-state index in [0.29, 0.717) is 18.1 Å². The van der Waals surface area contributed by atoms with E-state index in [0.717, 1.165) is 45.0 Å². The van der Waals surface area contributed by atoms with Crippen molar-refractivity contribution in [2.24, 2.45) is 0 Å². The number of carbonyl (C=O) groups excluding carboxylic acids is 1. The van der Waals surface area contributed by atoms with Crippen LogP contribution in [0.25, 0.3) is 10.8 Å². The van der Waals surface area contributed by atoms with Crippen molar-refractivity contribution >= 4 is 45.0 Å². The first kappa shape index (κ1) is 16.8. The summed E-state index contributed by atoms with van der Waals surface area (Å²) in [6.07, 6.45) is 6.09. The molecular formula is C21H24IN3O. The lowest BCUT2D eigenvalue weighted by atomic mass is 9.80. The van der Waals surface area contributed by atoms with Gasteiger partial charge in [-0.3, -0.25) is 4.79 Å². The van der Waals surface area contributed by atoms with Crippen LogP contribution in [0.5, 0.6) is 0 Å². The average Bonchev–Trinajstić information content (AvgIpc) is 2.61. The van der Waals surface area contributed by atoms with Crippen molar-refractivity contribution in [3.05, 3.63) is 39.0 Å². The highest BCUT2D eigenvalue weighted by Crippen LogP contribution is 2.40. The number of carbonyl (C=O) groups is 1. The van der Waals surface area contributed by atoms with Crippen molar-refractivity contribution in [3.63, 3.8) is 0 Å². The van der Waals surface area contributed by atoms with Crippen LogP contribution in [0.4, 0.5) is 5.69 Å². The van der Waals surface area contributed by atoms with Gasteiger partial charge in [0.25, 0.3) is 5.91 Å². The van der Waals surface area contributed by atoms with Gasteiger partial charge in [-0.1, -0.05) is 24.6 Å². The van der Waals surface area contributed by atoms with Crippen molar-refractivity contribution in [3.8, 4) is 0 Å². The number of halogens is 1. The van der Waals surface area contributed by atoms with E-state index in [1.54, 1.807) is 0 Å². The Morgan fingerprint density at radius 3 is 2.62 bits per heavy atom. The molecule has 5 heteroatoms. The van der Waals surface area contributed by atoms with Crippen LogP contribution in [0.1, 0.15) is 48.0 Å². The number of anilines is 1. The van der Waals surface area contributed by atoms with Gasteiger partial charge in [0.15, 0.2) is 0 Å². The molecule has 2 saturated heterocycles. The highest BCUT2D eigenvalue weighted by molar-refractivity contribution is 14.1. The normalized spacial score (nSPS) is 28.6. The fourth-order valence-corrected chi connectivity index (χ4v) is 6.00. The van der Waals surface area contributed by atoms with Crippen LogP contribution in [0, 0.1) is 3.57 Å². The molecule has 0 spiro atoms. The first-order chi connectivity index (χ1) is 12.5. The summed E-state index contributed by atoms with van der Waals surface area (Å²) in [5.74, 6) is 0.194. The van der Waals surface area contributed by atoms with Crippen LogP contribution < -0.4 is 5.73 Å². The average molecular weight is 461 g/mol. The number of nitrogens with zero attached hydrogens (tertiary/aromatic N) is 2. The summed E-state index contributed by atoms with van der Waals surface area (Å²) >= 11 is 2.25. The summed E-state index contributed by atoms with van der Waals surface area (Å²) in [6, 6.07) is 9.88. The zero-order chi connectivity index (χ0) is 18.0. The van der Waals surface area contributed by atoms with Crippen LogP contribution >= 0.6 is 22.6 Å². The van der Waals surface area contributed by atoms with E-state index in [4.69, 9.17) is 5.73 Å². The molecule has 3 atom stereocenters. The molecule has 3 aliphatic heterocycles. The lowest BCUT2D eigenvalue weighted by molar-refractivity contribution is 0.00749. The topological polar surface area (TPSA) is 49.6 Å². The Balaban J connectivity index is 1.56. The van der Waals surface area contributed by atoms with E-state index in [1.165, 1.54) is 24.8 Å². The van der Waals surface area contributed by atoms with E-state index in [2.05, 4.69) is 51.6 Å². The number of piperidine rings is 2. The maximum absolute atomic E-state index is 13.4. The predicted molar refractivity (Wildman–Crippen MR) is 113 cm³/mol. The SMILES string of the molecule is CN1[C@@H]2CCC[C@H]1C[C@H](N1Cc3cccc4c(N)c(I)cc(c34)C1=O)C2. The highest BCUT2D eigenvalue weighted by Gasteiger charge is 2.41. The minimum Gasteiger partial charge on any atom is -0.397 e. The number of hydrogen-bond donors (Lipinski definition) is 1. The number of benzene rings is 2. The van der Waals surface area contributed by atoms with Gasteiger partial charge in [-0.2, -0.15) is 0 Å². The number of fused-ring (bicyclic) bond motifs is 2. The summed E-state index contributed by atoms with van der Waals surface area (Å²) in [5, 5.41) is 2.09. The molecule has 0 aromatic heterocycles. The molecule has 3 heterocycles. The molecule has 1 amide bonds. The maximum atomic E-state index is 13.4. The summed E-state index contributed by atoms with van der Waals surface area (Å²) < 4.78 is 0.970. The monoisotopic (exact) mass is 461 g/mol. The Kier molecular flexibility index (Phi) is 3.94. The standard InChI is InChI=1S/C21H24IN3O/c1-24-13-5-3-6-14(24)9-15(8-13)25-11-12-4-2-7-16-19(12)17(21(25)26)10-18(22)20(16)23/h2,4,7,10,13-15H,3,5-6,8-9,11,23H2,1H3/t13-,14+,15-. The molecule has 26 heavy (non-hydrogen) atoms. The molecule has 2 fully saturated rings. The molecule has 4 nitrogen and oxygen atoms in total. The number of rotatable bonds is 1. The molecule has 2 N–H and O–H groups in total. The Labute approximate surface area is 167 Å². The van der Waals surface area contributed by atoms with Gasteiger partial charge >= 0.3 is 0 Å². The summed E-state index contributed by atoms with van der Waals surface area (Å²) in [5.41, 5.74) is 9.17. The lowest BCUT2D eigenvalue weighted by Gasteiger charge is -2.50. The Hall–Kier alpha value is -1.34. The van der Waals surface area contributed by atoms with Crippen molar-refractivity contribution < 1.29 is 4.79 Å². The van der Waals surface area contributed by atoms with Crippen LogP contribution in [0.15, 0.2) is 24.3 Å². The van der Waals surface area contributed by atoms with Crippen molar-refractivity contribution in [2.75, 3.05) is 12.8 Å². The number of nitrogen functional groups attached to an aromatic ring is 1. The van der Waals surface area contributed by atoms with Gasteiger partial charge in [-0.25, -0.2) is 0 Å². The van der Waals surface area contributed by atoms with Crippen molar-refractivity contribution in [1.82, 2.24) is 9.80 Å². The lowest BCUT2D eigenvalue weighted by Crippen LogP contribution is -2.56. The fourth-order valence-electron chi connectivity index (χ4n) is 5.39. The van der Waals surface area contributed by atoms with Gasteiger partial charge in [0, 0.05) is 44.6 Å². The molecular weight excluding hydrogens is 437 g/mol. The Morgan fingerprint density at radius 1 is 1.15 bits per heavy atom. The van der Waals surface area contributed by atoms with Gasteiger partial charge in [-0.15, -0.1) is 0 Å². The molecule has 0 saturated carbocycles. The van der Waals surface area contributed by atoms with Gasteiger partial charge < -0.3 is 15.5 Å². The molecule has 0 radical (unpaired) electrons. The van der Waals surface area contributed by atoms with Gasteiger partial charge in [-0.05, 0) is 67.0 Å². The molecule has 2 aromatic rings. The minimum atomic E-state index is 0.194. The minimum absolute atomic E-state index is 0.194. The van der Waals surface area contributed by atoms with Crippen LogP contribution in [0.2, 0.25) is 0 Å². The van der Waals surface area contributed by atoms with Gasteiger partial charge in [0.1, 0.15) is 0 Å². The molecule has 5 rings (SSSR count). The number of amides is 1. The smallest absolute Gasteiger partial charge is 0.255 e. The Bertz CT molecular complexity index is 898. The second-order valence-electron chi connectivity index (χ2n) is 8.12. The molecule has 0 unspecified atom stereocenters. The van der Waals surface area contributed by atoms with Crippen molar-refractivity contribution in [1.29, 1.82) is 0 Å². The third-order valence-electron chi connectivity index (χ3n) is 6.83. The molecule has 0 aliphatic carbocycles. The Morgan fingerprint density at radius 2 is 1.88 bits per heavy atom. The van der Waals surface area contributed by atoms with Crippen LogP contribution in [-0.4, -0.2) is 40.9 Å². The third kappa shape index (κ3) is 2.39. The van der Waals surface area contributed by atoms with E-state index >= 15 is 0 Å². The summed E-state index contributed by atoms with van der Waals surface area (Å²) in [4.78, 5) is 18.2. The van der Waals surface area contributed by atoms with Crippen LogP contribution in [-0.2, 0) is 6.54 Å². The highest BCUT2D eigenvalue weighted by atomic mass is 127. The predicted octanol–water partition coefficient (Wildman–Crippen LogP) is 4.00. The maximum Gasteiger partial charge on any atom is 0.255 e. The van der Waals surface area contributed by atoms with E-state index in [-0.39, 0.29) is 5.91 Å². The quantitative estimate of drug-likeness (QED) is 0.516. The second-order valence-corrected chi connectivity index (χ2v) is 9.28. The molecule has 2 bridgehead atoms. The van der Waals surface area contributed by atoms with E-state index in [9.17, 15) is 4.79 Å². The number of nitrogens with two attached hydrogens (primary N) is 1. The van der Waals surface area contributed by atoms with Crippen LogP contribution in [0.3, 0.4) is 0 Å². The van der Waals surface area contributed by atoms with Crippen molar-refractivity contribution in [2.45, 2.75) is 56.8 Å². The zero-order valence-electron chi connectivity index (χ0n) is 15.0. The van der Waals surface area contributed by atoms with Gasteiger partial charge in [0.2, 0.25) is 0 Å². The number of hydrogen-bond acceptors (Lipinski definition) is 3. The first-order valence-electron chi connectivity index (χ1n) is 9.57. The molecule has 2 aromatic carbocycles. The first-order valence-corrected chi connectivity index (χ1v) is 10.6. The largest absolute Gasteiger partial charge is 0.397 e. The fraction of sp³-hybridized carbons (Fsp3) is 0.476.